The SMILES string of the molecule is Nc1ccc(Nc2c[nH]c3ccc(Br)cc23)cc1. The number of anilines is 3. The van der Waals surface area contributed by atoms with Gasteiger partial charge in [0.25, 0.3) is 0 Å². The largest absolute Gasteiger partial charge is 0.399 e. The molecule has 1 heterocycles. The number of hydrogen-bond acceptors (Lipinski definition) is 2. The van der Waals surface area contributed by atoms with Gasteiger partial charge in [-0.1, -0.05) is 15.9 Å². The molecule has 0 bridgehead atoms. The Morgan fingerprint density at radius 1 is 1.06 bits per heavy atom. The summed E-state index contributed by atoms with van der Waals surface area (Å²) < 4.78 is 1.06. The van der Waals surface area contributed by atoms with Crippen LogP contribution in [-0.4, -0.2) is 4.98 Å². The highest BCUT2D eigenvalue weighted by atomic mass is 79.9. The maximum atomic E-state index is 5.67. The fourth-order valence-electron chi connectivity index (χ4n) is 1.92. The molecule has 0 atom stereocenters. The third-order valence-electron chi connectivity index (χ3n) is 2.83. The molecule has 1 aromatic heterocycles. The van der Waals surface area contributed by atoms with Crippen molar-refractivity contribution in [3.63, 3.8) is 0 Å². The molecule has 0 amide bonds. The standard InChI is InChI=1S/C14H12BrN3/c15-9-1-6-13-12(7-9)14(8-17-13)18-11-4-2-10(16)3-5-11/h1-8,17-18H,16H2. The van der Waals surface area contributed by atoms with Gasteiger partial charge in [0.2, 0.25) is 0 Å². The highest BCUT2D eigenvalue weighted by Gasteiger charge is 2.04. The predicted octanol–water partition coefficient (Wildman–Crippen LogP) is 4.26. The van der Waals surface area contributed by atoms with Crippen molar-refractivity contribution in [1.29, 1.82) is 0 Å². The Hall–Kier alpha value is -1.94. The van der Waals surface area contributed by atoms with Crippen molar-refractivity contribution in [2.24, 2.45) is 0 Å². The summed E-state index contributed by atoms with van der Waals surface area (Å²) in [7, 11) is 0. The van der Waals surface area contributed by atoms with E-state index in [0.717, 1.165) is 32.4 Å². The minimum atomic E-state index is 0.766. The number of hydrogen-bond donors (Lipinski definition) is 3. The van der Waals surface area contributed by atoms with E-state index in [9.17, 15) is 0 Å². The third kappa shape index (κ3) is 2.07. The molecule has 3 rings (SSSR count). The molecule has 0 aliphatic carbocycles. The van der Waals surface area contributed by atoms with Crippen LogP contribution in [0.5, 0.6) is 0 Å². The van der Waals surface area contributed by atoms with E-state index in [1.165, 1.54) is 0 Å². The number of benzene rings is 2. The van der Waals surface area contributed by atoms with Gasteiger partial charge in [0.1, 0.15) is 0 Å². The molecule has 0 saturated carbocycles. The Kier molecular flexibility index (Phi) is 2.72. The number of nitrogens with one attached hydrogen (secondary N) is 2. The van der Waals surface area contributed by atoms with Crippen molar-refractivity contribution < 1.29 is 0 Å². The first-order valence-corrected chi connectivity index (χ1v) is 6.41. The van der Waals surface area contributed by atoms with E-state index >= 15 is 0 Å². The number of aromatic nitrogens is 1. The first-order valence-electron chi connectivity index (χ1n) is 5.61. The molecular formula is C14H12BrN3. The molecule has 0 radical (unpaired) electrons. The molecule has 0 aliphatic rings. The van der Waals surface area contributed by atoms with Crippen molar-refractivity contribution in [1.82, 2.24) is 4.98 Å². The topological polar surface area (TPSA) is 53.8 Å². The first kappa shape index (κ1) is 11.2. The molecule has 0 saturated heterocycles. The lowest BCUT2D eigenvalue weighted by molar-refractivity contribution is 1.46. The molecule has 3 aromatic rings. The van der Waals surface area contributed by atoms with Crippen LogP contribution in [0.1, 0.15) is 0 Å². The second kappa shape index (κ2) is 4.38. The Labute approximate surface area is 113 Å². The molecule has 0 fully saturated rings. The zero-order valence-electron chi connectivity index (χ0n) is 9.57. The summed E-state index contributed by atoms with van der Waals surface area (Å²) in [6, 6.07) is 13.9. The normalized spacial score (nSPS) is 10.7. The van der Waals surface area contributed by atoms with E-state index in [0.29, 0.717) is 0 Å². The lowest BCUT2D eigenvalue weighted by atomic mass is 10.2. The second-order valence-electron chi connectivity index (χ2n) is 4.14. The minimum absolute atomic E-state index is 0.766. The van der Waals surface area contributed by atoms with Crippen LogP contribution < -0.4 is 11.1 Å². The monoisotopic (exact) mass is 301 g/mol. The second-order valence-corrected chi connectivity index (χ2v) is 5.05. The number of halogens is 1. The van der Waals surface area contributed by atoms with Gasteiger partial charge < -0.3 is 16.0 Å². The Morgan fingerprint density at radius 3 is 2.61 bits per heavy atom. The van der Waals surface area contributed by atoms with Crippen molar-refractivity contribution in [3.8, 4) is 0 Å². The fraction of sp³-hybridized carbons (Fsp3) is 0. The van der Waals surface area contributed by atoms with Crippen LogP contribution in [0, 0.1) is 0 Å². The molecule has 4 N–H and O–H groups in total. The number of fused-ring (bicyclic) bond motifs is 1. The van der Waals surface area contributed by atoms with E-state index in [-0.39, 0.29) is 0 Å². The van der Waals surface area contributed by atoms with Gasteiger partial charge in [-0.05, 0) is 42.5 Å². The van der Waals surface area contributed by atoms with Crippen molar-refractivity contribution >= 4 is 43.9 Å². The quantitative estimate of drug-likeness (QED) is 0.620. The Bertz CT molecular complexity index is 686. The molecule has 2 aromatic carbocycles. The van der Waals surface area contributed by atoms with Crippen LogP contribution in [0.2, 0.25) is 0 Å². The van der Waals surface area contributed by atoms with Crippen LogP contribution >= 0.6 is 15.9 Å². The lowest BCUT2D eigenvalue weighted by Crippen LogP contribution is -1.90. The number of rotatable bonds is 2. The highest BCUT2D eigenvalue weighted by molar-refractivity contribution is 9.10. The first-order chi connectivity index (χ1) is 8.72. The molecular weight excluding hydrogens is 290 g/mol. The van der Waals surface area contributed by atoms with Gasteiger partial charge >= 0.3 is 0 Å². The van der Waals surface area contributed by atoms with Crippen LogP contribution in [0.4, 0.5) is 17.1 Å². The van der Waals surface area contributed by atoms with E-state index in [2.05, 4.69) is 32.3 Å². The Morgan fingerprint density at radius 2 is 1.83 bits per heavy atom. The van der Waals surface area contributed by atoms with Crippen LogP contribution in [0.15, 0.2) is 53.1 Å². The van der Waals surface area contributed by atoms with Crippen LogP contribution in [0.25, 0.3) is 10.9 Å². The van der Waals surface area contributed by atoms with Crippen LogP contribution in [-0.2, 0) is 0 Å². The summed E-state index contributed by atoms with van der Waals surface area (Å²) in [5.74, 6) is 0. The van der Waals surface area contributed by atoms with E-state index in [4.69, 9.17) is 5.73 Å². The van der Waals surface area contributed by atoms with E-state index < -0.39 is 0 Å². The van der Waals surface area contributed by atoms with Gasteiger partial charge in [0.15, 0.2) is 0 Å². The molecule has 0 aliphatic heterocycles. The van der Waals surface area contributed by atoms with E-state index in [1.807, 2.05) is 42.6 Å². The number of H-pyrrole nitrogens is 1. The zero-order chi connectivity index (χ0) is 12.5. The highest BCUT2D eigenvalue weighted by Crippen LogP contribution is 2.28. The summed E-state index contributed by atoms with van der Waals surface area (Å²) in [5, 5.41) is 4.53. The summed E-state index contributed by atoms with van der Waals surface area (Å²) in [6.07, 6.45) is 1.97. The van der Waals surface area contributed by atoms with Crippen molar-refractivity contribution in [3.05, 3.63) is 53.1 Å². The van der Waals surface area contributed by atoms with Gasteiger partial charge in [-0.3, -0.25) is 0 Å². The fourth-order valence-corrected chi connectivity index (χ4v) is 2.28. The van der Waals surface area contributed by atoms with Gasteiger partial charge in [-0.15, -0.1) is 0 Å². The van der Waals surface area contributed by atoms with E-state index in [1.54, 1.807) is 0 Å². The van der Waals surface area contributed by atoms with Crippen molar-refractivity contribution in [2.75, 3.05) is 11.1 Å². The molecule has 0 spiro atoms. The number of aromatic amines is 1. The average molecular weight is 302 g/mol. The summed E-state index contributed by atoms with van der Waals surface area (Å²) in [5.41, 5.74) is 9.61. The molecule has 18 heavy (non-hydrogen) atoms. The molecule has 3 nitrogen and oxygen atoms in total. The maximum Gasteiger partial charge on any atom is 0.0642 e. The average Bonchev–Trinajstić information content (AvgIpc) is 2.75. The number of nitrogen functional groups attached to an aromatic ring is 1. The van der Waals surface area contributed by atoms with Gasteiger partial charge in [-0.2, -0.15) is 0 Å². The molecule has 90 valence electrons. The summed E-state index contributed by atoms with van der Waals surface area (Å²) in [4.78, 5) is 3.24. The Balaban J connectivity index is 1.99. The van der Waals surface area contributed by atoms with Crippen LogP contribution in [0.3, 0.4) is 0 Å². The minimum Gasteiger partial charge on any atom is -0.399 e. The van der Waals surface area contributed by atoms with Crippen molar-refractivity contribution in [2.45, 2.75) is 0 Å². The molecule has 4 heteroatoms. The third-order valence-corrected chi connectivity index (χ3v) is 3.33. The predicted molar refractivity (Wildman–Crippen MR) is 80.1 cm³/mol. The zero-order valence-corrected chi connectivity index (χ0v) is 11.2. The van der Waals surface area contributed by atoms with Gasteiger partial charge in [-0.25, -0.2) is 0 Å². The lowest BCUT2D eigenvalue weighted by Gasteiger charge is -2.05. The summed E-state index contributed by atoms with van der Waals surface area (Å²) in [6.45, 7) is 0. The van der Waals surface area contributed by atoms with Gasteiger partial charge in [0, 0.05) is 32.9 Å². The molecule has 0 unspecified atom stereocenters. The summed E-state index contributed by atoms with van der Waals surface area (Å²) >= 11 is 3.49. The smallest absolute Gasteiger partial charge is 0.0642 e. The maximum absolute atomic E-state index is 5.67. The van der Waals surface area contributed by atoms with Gasteiger partial charge in [0.05, 0.1) is 5.69 Å². The number of nitrogens with two attached hydrogens (primary N) is 1.